The number of nitrogens with two attached hydrogens (primary N) is 4. The molecule has 294 valence electrons. The minimum Gasteiger partial charge on any atom is -0.395 e. The SMILES string of the molecule is CCNC(CC(=O)NCC(=O)NC1CC(C)N(C(C)CCCN=C(N)N)C1=O)SC.Cc1ccccc1.Cc1ccccc1.NC=O.[CH2-]C(N)=O.[CH3-].[Cs+]. The molecule has 4 unspecified atom stereocenters. The normalized spacial score (nSPS) is 14.6. The summed E-state index contributed by atoms with van der Waals surface area (Å²) in [6.45, 7) is 14.0. The first kappa shape index (κ1) is 57.0. The van der Waals surface area contributed by atoms with Gasteiger partial charge in [0, 0.05) is 18.6 Å². The van der Waals surface area contributed by atoms with Crippen LogP contribution in [-0.2, 0) is 24.0 Å². The Kier molecular flexibility index (Phi) is 39.0. The van der Waals surface area contributed by atoms with E-state index in [0.29, 0.717) is 13.0 Å². The molecule has 1 saturated heterocycles. The molecule has 14 nitrogen and oxygen atoms in total. The van der Waals surface area contributed by atoms with E-state index in [2.05, 4.69) is 77.4 Å². The zero-order valence-electron chi connectivity index (χ0n) is 33.0. The van der Waals surface area contributed by atoms with Gasteiger partial charge < -0.3 is 62.9 Å². The average molecular weight is 879 g/mol. The van der Waals surface area contributed by atoms with Crippen molar-refractivity contribution in [3.05, 3.63) is 86.1 Å². The fraction of sp³-hybridized carbons (Fsp3) is 0.459. The van der Waals surface area contributed by atoms with Crippen LogP contribution >= 0.6 is 11.8 Å². The molecule has 0 saturated carbocycles. The monoisotopic (exact) mass is 878 g/mol. The molecule has 1 fully saturated rings. The topological polar surface area (TPSA) is 241 Å². The van der Waals surface area contributed by atoms with E-state index in [1.54, 1.807) is 11.8 Å². The van der Waals surface area contributed by atoms with Crippen molar-refractivity contribution in [3.8, 4) is 0 Å². The van der Waals surface area contributed by atoms with Crippen LogP contribution < -0.4 is 108 Å². The van der Waals surface area contributed by atoms with Gasteiger partial charge in [-0.25, -0.2) is 0 Å². The first-order chi connectivity index (χ1) is 24.1. The van der Waals surface area contributed by atoms with E-state index in [1.807, 2.05) is 68.3 Å². The van der Waals surface area contributed by atoms with Crippen molar-refractivity contribution in [3.63, 3.8) is 0 Å². The number of amides is 5. The van der Waals surface area contributed by atoms with Gasteiger partial charge in [-0.05, 0) is 59.8 Å². The number of nitrogens with zero attached hydrogens (tertiary/aromatic N) is 2. The van der Waals surface area contributed by atoms with E-state index in [0.717, 1.165) is 19.4 Å². The smallest absolute Gasteiger partial charge is 0.395 e. The van der Waals surface area contributed by atoms with Gasteiger partial charge in [0.15, 0.2) is 5.96 Å². The van der Waals surface area contributed by atoms with E-state index >= 15 is 0 Å². The molecule has 53 heavy (non-hydrogen) atoms. The second kappa shape index (κ2) is 36.3. The number of primary amides is 2. The maximum atomic E-state index is 12.8. The predicted molar refractivity (Wildman–Crippen MR) is 214 cm³/mol. The van der Waals surface area contributed by atoms with Crippen LogP contribution in [0.25, 0.3) is 0 Å². The molecular weight excluding hydrogens is 815 g/mol. The van der Waals surface area contributed by atoms with E-state index in [4.69, 9.17) is 21.1 Å². The third-order valence-electron chi connectivity index (χ3n) is 6.90. The fourth-order valence-electron chi connectivity index (χ4n) is 4.66. The van der Waals surface area contributed by atoms with E-state index in [9.17, 15) is 14.4 Å². The van der Waals surface area contributed by atoms with Crippen LogP contribution in [0, 0.1) is 28.2 Å². The number of guanidine groups is 1. The summed E-state index contributed by atoms with van der Waals surface area (Å²) in [6.07, 6.45) is 4.54. The Balaban J connectivity index is -0.000000419. The van der Waals surface area contributed by atoms with Crippen LogP contribution in [-0.4, -0.2) is 90.3 Å². The van der Waals surface area contributed by atoms with Gasteiger partial charge in [0.25, 0.3) is 0 Å². The fourth-order valence-corrected chi connectivity index (χ4v) is 5.31. The molecular formula is C37H63CsN9O5S-. The number of benzene rings is 2. The van der Waals surface area contributed by atoms with Crippen molar-refractivity contribution in [2.45, 2.75) is 83.8 Å². The number of aliphatic imine (C=N–C) groups is 1. The molecule has 1 heterocycles. The van der Waals surface area contributed by atoms with E-state index in [-0.39, 0.29) is 137 Å². The average Bonchev–Trinajstić information content (AvgIpc) is 3.34. The van der Waals surface area contributed by atoms with Gasteiger partial charge in [0.1, 0.15) is 6.04 Å². The van der Waals surface area contributed by atoms with E-state index in [1.165, 1.54) is 11.1 Å². The number of hydrogen-bond donors (Lipinski definition) is 7. The van der Waals surface area contributed by atoms with Crippen LogP contribution in [0.2, 0.25) is 0 Å². The van der Waals surface area contributed by atoms with Crippen molar-refractivity contribution in [1.29, 1.82) is 0 Å². The second-order valence-electron chi connectivity index (χ2n) is 11.4. The molecule has 3 rings (SSSR count). The summed E-state index contributed by atoms with van der Waals surface area (Å²) in [7, 11) is 0. The van der Waals surface area contributed by atoms with Crippen LogP contribution in [0.15, 0.2) is 65.7 Å². The molecule has 1 aliphatic heterocycles. The van der Waals surface area contributed by atoms with Crippen molar-refractivity contribution < 1.29 is 92.9 Å². The Bertz CT molecular complexity index is 1250. The summed E-state index contributed by atoms with van der Waals surface area (Å²) in [4.78, 5) is 60.5. The van der Waals surface area contributed by atoms with Gasteiger partial charge in [0.05, 0.1) is 24.2 Å². The van der Waals surface area contributed by atoms with Crippen molar-refractivity contribution >= 4 is 47.8 Å². The molecule has 0 bridgehead atoms. The molecule has 0 aromatic heterocycles. The van der Waals surface area contributed by atoms with Crippen molar-refractivity contribution in [2.75, 3.05) is 25.9 Å². The zero-order valence-corrected chi connectivity index (χ0v) is 40.1. The molecule has 2 aromatic rings. The second-order valence-corrected chi connectivity index (χ2v) is 12.5. The van der Waals surface area contributed by atoms with Crippen molar-refractivity contribution in [2.24, 2.45) is 27.9 Å². The maximum Gasteiger partial charge on any atom is 1.00 e. The first-order valence-corrected chi connectivity index (χ1v) is 17.9. The number of hydrogen-bond acceptors (Lipinski definition) is 8. The molecule has 0 spiro atoms. The Morgan fingerprint density at radius 1 is 1.02 bits per heavy atom. The summed E-state index contributed by atoms with van der Waals surface area (Å²) in [5.74, 6) is -1.17. The van der Waals surface area contributed by atoms with Crippen LogP contribution in [0.1, 0.15) is 57.6 Å². The third kappa shape index (κ3) is 32.4. The third-order valence-corrected chi connectivity index (χ3v) is 7.81. The first-order valence-electron chi connectivity index (χ1n) is 16.6. The molecule has 4 atom stereocenters. The predicted octanol–water partition coefficient (Wildman–Crippen LogP) is -0.809. The Morgan fingerprint density at radius 2 is 1.49 bits per heavy atom. The Labute approximate surface area is 381 Å². The zero-order chi connectivity index (χ0) is 39.2. The number of likely N-dealkylation sites (tertiary alicyclic amines) is 1. The van der Waals surface area contributed by atoms with Crippen LogP contribution in [0.5, 0.6) is 0 Å². The minimum absolute atomic E-state index is 0. The number of carbonyl (C=O) groups excluding carboxylic acids is 5. The standard InChI is InChI=1S/C19H37N7O3S.2C7H8.C2H4NO.CH3NO.CH3.Cs/c1-5-22-17(30-4)10-15(27)24-11-16(28)25-14-9-13(3)26(18(14)29)12(2)7-6-8-23-19(20)21;2*1-7-5-3-2-4-6-7;1-2(3)4;2-1-3;;/h12-14,17,22H,5-11H2,1-4H3,(H,24,27)(H,25,28)(H4,20,21,23);2*2-6H,1H3;1H2,(H2,3,4);1H,(H2,2,3);1H3;/q;;;-1;;-1;+1. The summed E-state index contributed by atoms with van der Waals surface area (Å²) in [5, 5.41) is 8.58. The number of thioether (sulfide) groups is 1. The van der Waals surface area contributed by atoms with Gasteiger partial charge in [-0.15, -0.1) is 11.8 Å². The largest absolute Gasteiger partial charge is 1.00 e. The van der Waals surface area contributed by atoms with Gasteiger partial charge >= 0.3 is 68.9 Å². The van der Waals surface area contributed by atoms with Gasteiger partial charge in [-0.1, -0.05) is 78.7 Å². The number of nitrogens with one attached hydrogen (secondary N) is 3. The van der Waals surface area contributed by atoms with Crippen LogP contribution in [0.4, 0.5) is 0 Å². The molecule has 0 aliphatic carbocycles. The van der Waals surface area contributed by atoms with Gasteiger partial charge in [-0.3, -0.25) is 24.2 Å². The number of aryl methyl sites for hydroxylation is 2. The molecule has 16 heteroatoms. The van der Waals surface area contributed by atoms with Gasteiger partial charge in [-0.2, -0.15) is 0 Å². The number of carbonyl (C=O) groups is 5. The minimum atomic E-state index is -0.583. The molecule has 0 radical (unpaired) electrons. The molecule has 2 aromatic carbocycles. The quantitative estimate of drug-likeness (QED) is 0.0332. The van der Waals surface area contributed by atoms with Crippen molar-refractivity contribution in [1.82, 2.24) is 20.9 Å². The van der Waals surface area contributed by atoms with Crippen LogP contribution in [0.3, 0.4) is 0 Å². The maximum absolute atomic E-state index is 12.8. The molecule has 5 amide bonds. The molecule has 1 aliphatic rings. The summed E-state index contributed by atoms with van der Waals surface area (Å²) < 4.78 is 0. The van der Waals surface area contributed by atoms with Gasteiger partial charge in [0.2, 0.25) is 24.1 Å². The Hall–Kier alpha value is -2.71. The number of rotatable bonds is 13. The summed E-state index contributed by atoms with van der Waals surface area (Å²) >= 11 is 1.55. The summed E-state index contributed by atoms with van der Waals surface area (Å²) in [5.41, 5.74) is 21.8. The summed E-state index contributed by atoms with van der Waals surface area (Å²) in [6, 6.07) is 20.0. The Morgan fingerprint density at radius 3 is 1.87 bits per heavy atom. The molecule has 11 N–H and O–H groups in total. The van der Waals surface area contributed by atoms with E-state index < -0.39 is 11.9 Å².